The van der Waals surface area contributed by atoms with Crippen LogP contribution < -0.4 is 4.72 Å². The van der Waals surface area contributed by atoms with Crippen LogP contribution in [0.4, 0.5) is 4.39 Å². The van der Waals surface area contributed by atoms with E-state index in [0.29, 0.717) is 12.8 Å². The Morgan fingerprint density at radius 3 is 2.65 bits per heavy atom. The number of carbonyl (C=O) groups is 1. The third-order valence-electron chi connectivity index (χ3n) is 2.62. The van der Waals surface area contributed by atoms with Gasteiger partial charge in [0, 0.05) is 12.6 Å². The molecule has 0 saturated heterocycles. The second kappa shape index (κ2) is 6.78. The first-order valence-electron chi connectivity index (χ1n) is 5.94. The van der Waals surface area contributed by atoms with E-state index >= 15 is 0 Å². The van der Waals surface area contributed by atoms with Gasteiger partial charge in [-0.25, -0.2) is 22.3 Å². The topological polar surface area (TPSA) is 104 Å². The van der Waals surface area contributed by atoms with Crippen LogP contribution in [0.5, 0.6) is 0 Å². The molecular weight excluding hydrogens is 289 g/mol. The fourth-order valence-corrected chi connectivity index (χ4v) is 3.01. The molecule has 20 heavy (non-hydrogen) atoms. The molecule has 0 aromatic heterocycles. The number of rotatable bonds is 7. The molecule has 0 aliphatic carbocycles. The summed E-state index contributed by atoms with van der Waals surface area (Å²) in [5.74, 6) is -2.35. The van der Waals surface area contributed by atoms with Crippen LogP contribution in [0.25, 0.3) is 0 Å². The maximum atomic E-state index is 13.6. The van der Waals surface area contributed by atoms with E-state index in [1.165, 1.54) is 0 Å². The first-order chi connectivity index (χ1) is 9.27. The number of aromatic carboxylic acids is 1. The van der Waals surface area contributed by atoms with Gasteiger partial charge in [0.05, 0.1) is 5.56 Å². The van der Waals surface area contributed by atoms with Gasteiger partial charge in [-0.1, -0.05) is 0 Å². The highest BCUT2D eigenvalue weighted by atomic mass is 32.2. The number of carboxylic acid groups (broad SMARTS) is 1. The SMILES string of the molecule is CC(CCCO)NS(=O)(=O)c1cc(C(=O)O)ccc1F. The summed E-state index contributed by atoms with van der Waals surface area (Å²) in [7, 11) is -4.15. The molecule has 3 N–H and O–H groups in total. The summed E-state index contributed by atoms with van der Waals surface area (Å²) in [6, 6.07) is 2.07. The van der Waals surface area contributed by atoms with Crippen molar-refractivity contribution in [3.63, 3.8) is 0 Å². The Hall–Kier alpha value is -1.51. The van der Waals surface area contributed by atoms with Crippen LogP contribution in [0.15, 0.2) is 23.1 Å². The van der Waals surface area contributed by atoms with E-state index in [1.54, 1.807) is 6.92 Å². The molecule has 0 bridgehead atoms. The van der Waals surface area contributed by atoms with Gasteiger partial charge in [0.25, 0.3) is 0 Å². The molecule has 0 fully saturated rings. The zero-order valence-corrected chi connectivity index (χ0v) is 11.7. The molecule has 1 rings (SSSR count). The Morgan fingerprint density at radius 2 is 2.10 bits per heavy atom. The number of aliphatic hydroxyl groups excluding tert-OH is 1. The average molecular weight is 305 g/mol. The van der Waals surface area contributed by atoms with E-state index in [-0.39, 0.29) is 12.2 Å². The van der Waals surface area contributed by atoms with E-state index in [4.69, 9.17) is 10.2 Å². The zero-order valence-electron chi connectivity index (χ0n) is 10.8. The van der Waals surface area contributed by atoms with Crippen molar-refractivity contribution < 1.29 is 27.8 Å². The smallest absolute Gasteiger partial charge is 0.335 e. The Morgan fingerprint density at radius 1 is 1.45 bits per heavy atom. The van der Waals surface area contributed by atoms with Crippen molar-refractivity contribution in [2.75, 3.05) is 6.61 Å². The summed E-state index contributed by atoms with van der Waals surface area (Å²) in [5, 5.41) is 17.5. The highest BCUT2D eigenvalue weighted by molar-refractivity contribution is 7.89. The van der Waals surface area contributed by atoms with Crippen molar-refractivity contribution in [2.24, 2.45) is 0 Å². The van der Waals surface area contributed by atoms with Crippen molar-refractivity contribution in [1.82, 2.24) is 4.72 Å². The Labute approximate surface area is 116 Å². The van der Waals surface area contributed by atoms with E-state index < -0.39 is 32.7 Å². The minimum atomic E-state index is -4.15. The standard InChI is InChI=1S/C12H16FNO5S/c1-8(3-2-6-15)14-20(18,19)11-7-9(12(16)17)4-5-10(11)13/h4-5,7-8,14-15H,2-3,6H2,1H3,(H,16,17). The van der Waals surface area contributed by atoms with Gasteiger partial charge in [-0.05, 0) is 38.0 Å². The predicted molar refractivity (Wildman–Crippen MR) is 69.5 cm³/mol. The van der Waals surface area contributed by atoms with Crippen molar-refractivity contribution in [3.8, 4) is 0 Å². The van der Waals surface area contributed by atoms with Gasteiger partial charge in [-0.15, -0.1) is 0 Å². The van der Waals surface area contributed by atoms with Crippen LogP contribution in [0.1, 0.15) is 30.1 Å². The lowest BCUT2D eigenvalue weighted by Crippen LogP contribution is -2.33. The Balaban J connectivity index is 3.03. The minimum absolute atomic E-state index is 0.0745. The second-order valence-electron chi connectivity index (χ2n) is 4.34. The normalized spacial score (nSPS) is 13.2. The van der Waals surface area contributed by atoms with Crippen LogP contribution in [0.3, 0.4) is 0 Å². The van der Waals surface area contributed by atoms with Crippen LogP contribution in [0.2, 0.25) is 0 Å². The van der Waals surface area contributed by atoms with E-state index in [2.05, 4.69) is 4.72 Å². The number of hydrogen-bond acceptors (Lipinski definition) is 4. The molecule has 112 valence electrons. The highest BCUT2D eigenvalue weighted by Crippen LogP contribution is 2.17. The van der Waals surface area contributed by atoms with Gasteiger partial charge >= 0.3 is 5.97 Å². The summed E-state index contributed by atoms with van der Waals surface area (Å²) in [5.41, 5.74) is -0.310. The van der Waals surface area contributed by atoms with Gasteiger partial charge in [0.2, 0.25) is 10.0 Å². The van der Waals surface area contributed by atoms with E-state index in [1.807, 2.05) is 0 Å². The van der Waals surface area contributed by atoms with Gasteiger partial charge in [0.1, 0.15) is 10.7 Å². The zero-order chi connectivity index (χ0) is 15.3. The van der Waals surface area contributed by atoms with Gasteiger partial charge in [-0.2, -0.15) is 0 Å². The summed E-state index contributed by atoms with van der Waals surface area (Å²) in [4.78, 5) is 10.1. The molecule has 1 atom stereocenters. The quantitative estimate of drug-likeness (QED) is 0.696. The number of benzene rings is 1. The molecular formula is C12H16FNO5S. The lowest BCUT2D eigenvalue weighted by molar-refractivity contribution is 0.0696. The number of nitrogens with one attached hydrogen (secondary N) is 1. The fraction of sp³-hybridized carbons (Fsp3) is 0.417. The van der Waals surface area contributed by atoms with Crippen LogP contribution in [-0.4, -0.2) is 37.2 Å². The third-order valence-corrected chi connectivity index (χ3v) is 4.22. The molecule has 0 amide bonds. The lowest BCUT2D eigenvalue weighted by atomic mass is 10.2. The average Bonchev–Trinajstić information content (AvgIpc) is 2.35. The monoisotopic (exact) mass is 305 g/mol. The van der Waals surface area contributed by atoms with Gasteiger partial charge in [0.15, 0.2) is 0 Å². The maximum Gasteiger partial charge on any atom is 0.335 e. The summed E-state index contributed by atoms with van der Waals surface area (Å²) < 4.78 is 39.8. The number of carboxylic acids is 1. The predicted octanol–water partition coefficient (Wildman–Crippen LogP) is 0.963. The molecule has 0 radical (unpaired) electrons. The van der Waals surface area contributed by atoms with Crippen LogP contribution in [0, 0.1) is 5.82 Å². The summed E-state index contributed by atoms with van der Waals surface area (Å²) in [6.07, 6.45) is 0.789. The van der Waals surface area contributed by atoms with Crippen LogP contribution in [-0.2, 0) is 10.0 Å². The number of sulfonamides is 1. The molecule has 1 aromatic carbocycles. The van der Waals surface area contributed by atoms with Crippen molar-refractivity contribution in [3.05, 3.63) is 29.6 Å². The maximum absolute atomic E-state index is 13.6. The van der Waals surface area contributed by atoms with Crippen molar-refractivity contribution >= 4 is 16.0 Å². The number of hydrogen-bond donors (Lipinski definition) is 3. The van der Waals surface area contributed by atoms with E-state index in [9.17, 15) is 17.6 Å². The van der Waals surface area contributed by atoms with Gasteiger partial charge in [-0.3, -0.25) is 0 Å². The molecule has 1 aromatic rings. The first kappa shape index (κ1) is 16.5. The lowest BCUT2D eigenvalue weighted by Gasteiger charge is -2.14. The first-order valence-corrected chi connectivity index (χ1v) is 7.42. The second-order valence-corrected chi connectivity index (χ2v) is 6.02. The van der Waals surface area contributed by atoms with Crippen molar-refractivity contribution in [2.45, 2.75) is 30.7 Å². The summed E-state index contributed by atoms with van der Waals surface area (Å²) >= 11 is 0. The molecule has 8 heteroatoms. The highest BCUT2D eigenvalue weighted by Gasteiger charge is 2.22. The number of aliphatic hydroxyl groups is 1. The molecule has 6 nitrogen and oxygen atoms in total. The molecule has 0 spiro atoms. The molecule has 0 aliphatic rings. The third kappa shape index (κ3) is 4.26. The number of halogens is 1. The Kier molecular flexibility index (Phi) is 5.61. The fourth-order valence-electron chi connectivity index (χ4n) is 1.63. The molecule has 0 saturated carbocycles. The molecule has 0 heterocycles. The summed E-state index contributed by atoms with van der Waals surface area (Å²) in [6.45, 7) is 1.50. The minimum Gasteiger partial charge on any atom is -0.478 e. The van der Waals surface area contributed by atoms with E-state index in [0.717, 1.165) is 18.2 Å². The van der Waals surface area contributed by atoms with Crippen LogP contribution >= 0.6 is 0 Å². The molecule has 1 unspecified atom stereocenters. The largest absolute Gasteiger partial charge is 0.478 e. The van der Waals surface area contributed by atoms with Crippen molar-refractivity contribution in [1.29, 1.82) is 0 Å². The van der Waals surface area contributed by atoms with Gasteiger partial charge < -0.3 is 10.2 Å². The molecule has 0 aliphatic heterocycles. The Bertz CT molecular complexity index is 588.